The molecule has 0 aromatic heterocycles. The molecule has 3 aromatic rings. The lowest BCUT2D eigenvalue weighted by molar-refractivity contribution is -0.136. The zero-order valence-electron chi connectivity index (χ0n) is 17.3. The van der Waals surface area contributed by atoms with Crippen LogP contribution in [-0.2, 0) is 27.8 Å². The van der Waals surface area contributed by atoms with Gasteiger partial charge in [-0.3, -0.25) is 9.59 Å². The van der Waals surface area contributed by atoms with Crippen molar-refractivity contribution in [1.82, 2.24) is 5.32 Å². The number of nitrogens with one attached hydrogen (secondary N) is 1. The van der Waals surface area contributed by atoms with Gasteiger partial charge in [0, 0.05) is 6.54 Å². The number of aromatic hydroxyl groups is 1. The maximum absolute atomic E-state index is 12.6. The summed E-state index contributed by atoms with van der Waals surface area (Å²) in [6.07, 6.45) is -0.161. The summed E-state index contributed by atoms with van der Waals surface area (Å²) in [5.74, 6) is -1.19. The number of benzene rings is 3. The summed E-state index contributed by atoms with van der Waals surface area (Å²) < 4.78 is 29.5. The number of phenols is 1. The van der Waals surface area contributed by atoms with E-state index in [1.54, 1.807) is 12.1 Å². The quantitative estimate of drug-likeness (QED) is 0.300. The molecule has 0 aliphatic heterocycles. The highest BCUT2D eigenvalue weighted by molar-refractivity contribution is 9.11. The van der Waals surface area contributed by atoms with Gasteiger partial charge in [-0.05, 0) is 85.5 Å². The van der Waals surface area contributed by atoms with Gasteiger partial charge in [-0.1, -0.05) is 12.1 Å². The fraction of sp³-hybridized carbons (Fsp3) is 0.0909. The number of carboxylic acid groups (broad SMARTS) is 1. The summed E-state index contributed by atoms with van der Waals surface area (Å²) in [6, 6.07) is 13.1. The van der Waals surface area contributed by atoms with Crippen molar-refractivity contribution in [3.05, 3.63) is 80.2 Å². The van der Waals surface area contributed by atoms with Crippen molar-refractivity contribution >= 4 is 53.8 Å². The van der Waals surface area contributed by atoms with E-state index in [1.165, 1.54) is 42.5 Å². The average Bonchev–Trinajstić information content (AvgIpc) is 2.75. The summed E-state index contributed by atoms with van der Waals surface area (Å²) in [5, 5.41) is 26.8. The standard InChI is InChI=1S/C22H18Br2N2O7S/c23-17-7-13(9-20(28)29)8-18(24)21(17)33-14-3-6-19(27)16(10-14)22(30)26-11-12-1-4-15(5-2-12)34(25,31)32/h1-8,10,27H,9,11H2,(H,26,30)(H,28,29)(H2,25,31,32). The van der Waals surface area contributed by atoms with Crippen LogP contribution in [0.15, 0.2) is 68.4 Å². The number of ether oxygens (including phenoxy) is 1. The number of amides is 1. The molecule has 0 heterocycles. The Morgan fingerprint density at radius 1 is 0.971 bits per heavy atom. The van der Waals surface area contributed by atoms with Crippen LogP contribution in [0.5, 0.6) is 17.2 Å². The second-order valence-corrected chi connectivity index (χ2v) is 10.4. The highest BCUT2D eigenvalue weighted by Crippen LogP contribution is 2.38. The molecule has 0 saturated carbocycles. The summed E-state index contributed by atoms with van der Waals surface area (Å²) in [6.45, 7) is 0.0798. The molecule has 0 saturated heterocycles. The van der Waals surface area contributed by atoms with Gasteiger partial charge in [0.2, 0.25) is 10.0 Å². The van der Waals surface area contributed by atoms with Crippen LogP contribution in [0.4, 0.5) is 0 Å². The number of aliphatic carboxylic acids is 1. The van der Waals surface area contributed by atoms with Crippen molar-refractivity contribution < 1.29 is 33.0 Å². The van der Waals surface area contributed by atoms with Gasteiger partial charge in [-0.25, -0.2) is 13.6 Å². The predicted octanol–water partition coefficient (Wildman–Crippen LogP) is 3.91. The zero-order valence-corrected chi connectivity index (χ0v) is 21.3. The van der Waals surface area contributed by atoms with Crippen LogP contribution >= 0.6 is 31.9 Å². The van der Waals surface area contributed by atoms with Gasteiger partial charge < -0.3 is 20.3 Å². The number of rotatable bonds is 8. The molecule has 9 nitrogen and oxygen atoms in total. The molecule has 0 fully saturated rings. The fourth-order valence-electron chi connectivity index (χ4n) is 2.94. The van der Waals surface area contributed by atoms with Crippen LogP contribution in [0.3, 0.4) is 0 Å². The molecule has 5 N–H and O–H groups in total. The lowest BCUT2D eigenvalue weighted by Gasteiger charge is -2.13. The minimum atomic E-state index is -3.81. The van der Waals surface area contributed by atoms with Gasteiger partial charge in [-0.15, -0.1) is 0 Å². The van der Waals surface area contributed by atoms with E-state index in [9.17, 15) is 23.1 Å². The molecule has 178 valence electrons. The molecule has 0 bridgehead atoms. The topological polar surface area (TPSA) is 156 Å². The number of carbonyl (C=O) groups excluding carboxylic acids is 1. The second-order valence-electron chi connectivity index (χ2n) is 7.11. The third kappa shape index (κ3) is 6.56. The van der Waals surface area contributed by atoms with Crippen LogP contribution < -0.4 is 15.2 Å². The Labute approximate surface area is 211 Å². The minimum absolute atomic E-state index is 0.0339. The number of carboxylic acids is 1. The van der Waals surface area contributed by atoms with Crippen LogP contribution in [-0.4, -0.2) is 30.5 Å². The van der Waals surface area contributed by atoms with Crippen LogP contribution in [0.1, 0.15) is 21.5 Å². The Kier molecular flexibility index (Phi) is 7.97. The lowest BCUT2D eigenvalue weighted by Crippen LogP contribution is -2.23. The van der Waals surface area contributed by atoms with E-state index in [-0.39, 0.29) is 34.9 Å². The Morgan fingerprint density at radius 3 is 2.15 bits per heavy atom. The third-order valence-electron chi connectivity index (χ3n) is 4.55. The van der Waals surface area contributed by atoms with E-state index in [1.807, 2.05) is 0 Å². The second kappa shape index (κ2) is 10.6. The van der Waals surface area contributed by atoms with Crippen LogP contribution in [0.2, 0.25) is 0 Å². The number of nitrogens with two attached hydrogens (primary N) is 1. The molecule has 0 radical (unpaired) electrons. The molecule has 0 aliphatic carbocycles. The van der Waals surface area contributed by atoms with Gasteiger partial charge >= 0.3 is 5.97 Å². The molecule has 3 aromatic carbocycles. The molecular weight excluding hydrogens is 596 g/mol. The summed E-state index contributed by atoms with van der Waals surface area (Å²) >= 11 is 6.71. The molecule has 0 atom stereocenters. The molecule has 0 aliphatic rings. The Balaban J connectivity index is 1.75. The van der Waals surface area contributed by atoms with E-state index in [0.717, 1.165) is 0 Å². The van der Waals surface area contributed by atoms with Crippen molar-refractivity contribution in [2.75, 3.05) is 0 Å². The first kappa shape index (κ1) is 25.7. The SMILES string of the molecule is NS(=O)(=O)c1ccc(CNC(=O)c2cc(Oc3c(Br)cc(CC(=O)O)cc3Br)ccc2O)cc1. The van der Waals surface area contributed by atoms with Crippen molar-refractivity contribution in [1.29, 1.82) is 0 Å². The normalized spacial score (nSPS) is 11.1. The van der Waals surface area contributed by atoms with Crippen molar-refractivity contribution in [2.45, 2.75) is 17.9 Å². The van der Waals surface area contributed by atoms with Crippen LogP contribution in [0.25, 0.3) is 0 Å². The highest BCUT2D eigenvalue weighted by atomic mass is 79.9. The number of primary sulfonamides is 1. The summed E-state index contributed by atoms with van der Waals surface area (Å²) in [7, 11) is -3.81. The lowest BCUT2D eigenvalue weighted by atomic mass is 10.1. The van der Waals surface area contributed by atoms with Gasteiger partial charge in [0.15, 0.2) is 5.75 Å². The fourth-order valence-corrected chi connectivity index (χ4v) is 4.90. The predicted molar refractivity (Wildman–Crippen MR) is 130 cm³/mol. The molecule has 0 unspecified atom stereocenters. The minimum Gasteiger partial charge on any atom is -0.507 e. The van der Waals surface area contributed by atoms with E-state index in [2.05, 4.69) is 37.2 Å². The number of carbonyl (C=O) groups is 2. The monoisotopic (exact) mass is 612 g/mol. The molecule has 12 heteroatoms. The zero-order chi connectivity index (χ0) is 25.0. The van der Waals surface area contributed by atoms with Gasteiger partial charge in [0.1, 0.15) is 11.5 Å². The molecular formula is C22H18Br2N2O7S. The highest BCUT2D eigenvalue weighted by Gasteiger charge is 2.16. The Hall–Kier alpha value is -2.93. The Morgan fingerprint density at radius 2 is 1.59 bits per heavy atom. The number of halogens is 2. The summed E-state index contributed by atoms with van der Waals surface area (Å²) in [5.41, 5.74) is 1.15. The largest absolute Gasteiger partial charge is 0.507 e. The van der Waals surface area contributed by atoms with Crippen LogP contribution in [0, 0.1) is 0 Å². The van der Waals surface area contributed by atoms with E-state index >= 15 is 0 Å². The first-order valence-corrected chi connectivity index (χ1v) is 12.7. The van der Waals surface area contributed by atoms with E-state index in [4.69, 9.17) is 15.0 Å². The van der Waals surface area contributed by atoms with Gasteiger partial charge in [0.25, 0.3) is 5.91 Å². The van der Waals surface area contributed by atoms with Gasteiger partial charge in [0.05, 0.1) is 25.8 Å². The molecule has 3 rings (SSSR count). The number of hydrogen-bond acceptors (Lipinski definition) is 6. The van der Waals surface area contributed by atoms with Crippen molar-refractivity contribution in [3.8, 4) is 17.2 Å². The average molecular weight is 614 g/mol. The number of phenolic OH excluding ortho intramolecular Hbond substituents is 1. The number of hydrogen-bond donors (Lipinski definition) is 4. The molecule has 0 spiro atoms. The van der Waals surface area contributed by atoms with Crippen molar-refractivity contribution in [3.63, 3.8) is 0 Å². The third-order valence-corrected chi connectivity index (χ3v) is 6.66. The number of sulfonamides is 1. The maximum Gasteiger partial charge on any atom is 0.307 e. The van der Waals surface area contributed by atoms with E-state index < -0.39 is 21.9 Å². The smallest absolute Gasteiger partial charge is 0.307 e. The summed E-state index contributed by atoms with van der Waals surface area (Å²) in [4.78, 5) is 23.5. The maximum atomic E-state index is 12.6. The molecule has 1 amide bonds. The molecule has 34 heavy (non-hydrogen) atoms. The first-order valence-electron chi connectivity index (χ1n) is 9.54. The van der Waals surface area contributed by atoms with Gasteiger partial charge in [-0.2, -0.15) is 0 Å². The Bertz CT molecular complexity index is 1340. The first-order chi connectivity index (χ1) is 15.9. The van der Waals surface area contributed by atoms with Crippen molar-refractivity contribution in [2.24, 2.45) is 5.14 Å². The van der Waals surface area contributed by atoms with E-state index in [0.29, 0.717) is 25.8 Å².